The standard InChI is InChI=1S/C8H11NO5/c1-2-3-14-8(13)9-6(5-10)4-7(11)12/h2,5-6H,1,3-4H2,(H,9,13)(H,11,12). The van der Waals surface area contributed by atoms with Gasteiger partial charge in [-0.2, -0.15) is 0 Å². The van der Waals surface area contributed by atoms with Crippen LogP contribution in [0.3, 0.4) is 0 Å². The van der Waals surface area contributed by atoms with Crippen LogP contribution in [0.1, 0.15) is 6.42 Å². The molecule has 1 atom stereocenters. The van der Waals surface area contributed by atoms with Gasteiger partial charge in [0.05, 0.1) is 12.5 Å². The maximum atomic E-state index is 10.8. The molecule has 6 heteroatoms. The van der Waals surface area contributed by atoms with Crippen LogP contribution in [-0.4, -0.2) is 36.1 Å². The number of carbonyl (C=O) groups excluding carboxylic acids is 2. The molecule has 0 radical (unpaired) electrons. The van der Waals surface area contributed by atoms with Crippen molar-refractivity contribution in [1.82, 2.24) is 5.32 Å². The third-order valence-electron chi connectivity index (χ3n) is 1.19. The van der Waals surface area contributed by atoms with E-state index in [1.807, 2.05) is 0 Å². The average molecular weight is 201 g/mol. The van der Waals surface area contributed by atoms with E-state index in [-0.39, 0.29) is 6.61 Å². The number of rotatable bonds is 6. The topological polar surface area (TPSA) is 92.7 Å². The summed E-state index contributed by atoms with van der Waals surface area (Å²) < 4.78 is 4.49. The van der Waals surface area contributed by atoms with Crippen molar-refractivity contribution in [2.24, 2.45) is 0 Å². The van der Waals surface area contributed by atoms with Crippen LogP contribution in [0.15, 0.2) is 12.7 Å². The molecule has 1 unspecified atom stereocenters. The highest BCUT2D eigenvalue weighted by Gasteiger charge is 2.15. The Hall–Kier alpha value is -1.85. The summed E-state index contributed by atoms with van der Waals surface area (Å²) >= 11 is 0. The smallest absolute Gasteiger partial charge is 0.408 e. The van der Waals surface area contributed by atoms with Crippen LogP contribution in [0, 0.1) is 0 Å². The van der Waals surface area contributed by atoms with Crippen LogP contribution in [-0.2, 0) is 14.3 Å². The highest BCUT2D eigenvalue weighted by molar-refractivity contribution is 5.78. The molecule has 0 fully saturated rings. The second kappa shape index (κ2) is 6.64. The number of alkyl carbamates (subject to hydrolysis) is 1. The van der Waals surface area contributed by atoms with E-state index >= 15 is 0 Å². The van der Waals surface area contributed by atoms with Crippen molar-refractivity contribution < 1.29 is 24.2 Å². The van der Waals surface area contributed by atoms with E-state index in [2.05, 4.69) is 16.6 Å². The van der Waals surface area contributed by atoms with Crippen molar-refractivity contribution in [3.8, 4) is 0 Å². The van der Waals surface area contributed by atoms with Gasteiger partial charge in [0.15, 0.2) is 0 Å². The molecular formula is C8H11NO5. The van der Waals surface area contributed by atoms with Gasteiger partial charge in [-0.3, -0.25) is 4.79 Å². The van der Waals surface area contributed by atoms with Crippen LogP contribution >= 0.6 is 0 Å². The van der Waals surface area contributed by atoms with Crippen molar-refractivity contribution in [3.63, 3.8) is 0 Å². The van der Waals surface area contributed by atoms with E-state index in [1.165, 1.54) is 6.08 Å². The number of aldehydes is 1. The molecule has 0 bridgehead atoms. The largest absolute Gasteiger partial charge is 0.481 e. The first-order valence-corrected chi connectivity index (χ1v) is 3.81. The molecule has 6 nitrogen and oxygen atoms in total. The zero-order valence-corrected chi connectivity index (χ0v) is 7.43. The Bertz CT molecular complexity index is 238. The normalized spacial score (nSPS) is 11.1. The minimum Gasteiger partial charge on any atom is -0.481 e. The van der Waals surface area contributed by atoms with Gasteiger partial charge in [-0.25, -0.2) is 4.79 Å². The fourth-order valence-corrected chi connectivity index (χ4v) is 0.649. The third kappa shape index (κ3) is 5.76. The molecule has 0 aliphatic heterocycles. The maximum absolute atomic E-state index is 10.8. The predicted molar refractivity (Wildman–Crippen MR) is 46.8 cm³/mol. The lowest BCUT2D eigenvalue weighted by Gasteiger charge is -2.09. The summed E-state index contributed by atoms with van der Waals surface area (Å²) in [6.45, 7) is 3.32. The molecule has 0 aliphatic carbocycles. The van der Waals surface area contributed by atoms with Crippen LogP contribution in [0.5, 0.6) is 0 Å². The minimum atomic E-state index is -1.17. The molecule has 0 spiro atoms. The summed E-state index contributed by atoms with van der Waals surface area (Å²) in [6, 6.07) is -1.06. The molecule has 0 aromatic rings. The Morgan fingerprint density at radius 3 is 2.64 bits per heavy atom. The van der Waals surface area contributed by atoms with Crippen molar-refractivity contribution in [3.05, 3.63) is 12.7 Å². The number of nitrogens with one attached hydrogen (secondary N) is 1. The highest BCUT2D eigenvalue weighted by Crippen LogP contribution is 1.89. The van der Waals surface area contributed by atoms with Crippen LogP contribution in [0.25, 0.3) is 0 Å². The molecule has 0 saturated heterocycles. The zero-order valence-electron chi connectivity index (χ0n) is 7.43. The van der Waals surface area contributed by atoms with Crippen molar-refractivity contribution in [1.29, 1.82) is 0 Å². The van der Waals surface area contributed by atoms with Gasteiger partial charge in [0.2, 0.25) is 0 Å². The van der Waals surface area contributed by atoms with Crippen LogP contribution in [0.2, 0.25) is 0 Å². The quantitative estimate of drug-likeness (QED) is 0.464. The van der Waals surface area contributed by atoms with E-state index < -0.39 is 24.5 Å². The molecule has 2 N–H and O–H groups in total. The van der Waals surface area contributed by atoms with Gasteiger partial charge in [0, 0.05) is 0 Å². The first-order chi connectivity index (χ1) is 6.60. The summed E-state index contributed by atoms with van der Waals surface area (Å²) in [5.41, 5.74) is 0. The summed E-state index contributed by atoms with van der Waals surface area (Å²) in [5, 5.41) is 10.4. The second-order valence-electron chi connectivity index (χ2n) is 2.37. The summed E-state index contributed by atoms with van der Waals surface area (Å²) in [4.78, 5) is 31.3. The number of aliphatic carboxylic acids is 1. The lowest BCUT2D eigenvalue weighted by Crippen LogP contribution is -2.37. The zero-order chi connectivity index (χ0) is 11.0. The third-order valence-corrected chi connectivity index (χ3v) is 1.19. The molecule has 0 aromatic carbocycles. The SMILES string of the molecule is C=CCOC(=O)NC(C=O)CC(=O)O. The number of hydrogen-bond donors (Lipinski definition) is 2. The lowest BCUT2D eigenvalue weighted by molar-refractivity contribution is -0.138. The Morgan fingerprint density at radius 1 is 1.57 bits per heavy atom. The molecule has 0 rings (SSSR count). The fraction of sp³-hybridized carbons (Fsp3) is 0.375. The fourth-order valence-electron chi connectivity index (χ4n) is 0.649. The van der Waals surface area contributed by atoms with E-state index in [9.17, 15) is 14.4 Å². The van der Waals surface area contributed by atoms with Crippen LogP contribution in [0.4, 0.5) is 4.79 Å². The van der Waals surface area contributed by atoms with E-state index in [0.29, 0.717) is 6.29 Å². The van der Waals surface area contributed by atoms with Crippen molar-refractivity contribution in [2.75, 3.05) is 6.61 Å². The van der Waals surface area contributed by atoms with E-state index in [4.69, 9.17) is 5.11 Å². The van der Waals surface area contributed by atoms with E-state index in [1.54, 1.807) is 0 Å². The first kappa shape index (κ1) is 12.2. The molecule has 0 heterocycles. The van der Waals surface area contributed by atoms with Gasteiger partial charge in [0.1, 0.15) is 12.9 Å². The summed E-state index contributed by atoms with van der Waals surface area (Å²) in [5.74, 6) is -1.17. The van der Waals surface area contributed by atoms with Gasteiger partial charge in [-0.05, 0) is 0 Å². The molecule has 14 heavy (non-hydrogen) atoms. The Balaban J connectivity index is 3.91. The van der Waals surface area contributed by atoms with Crippen molar-refractivity contribution >= 4 is 18.3 Å². The lowest BCUT2D eigenvalue weighted by atomic mass is 10.2. The number of carboxylic acid groups (broad SMARTS) is 1. The Kier molecular flexibility index (Phi) is 5.77. The molecule has 0 aliphatic rings. The number of carbonyl (C=O) groups is 3. The van der Waals surface area contributed by atoms with Gasteiger partial charge in [-0.15, -0.1) is 0 Å². The van der Waals surface area contributed by atoms with Gasteiger partial charge in [-0.1, -0.05) is 12.7 Å². The first-order valence-electron chi connectivity index (χ1n) is 3.81. The van der Waals surface area contributed by atoms with Gasteiger partial charge >= 0.3 is 12.1 Å². The van der Waals surface area contributed by atoms with Gasteiger partial charge < -0.3 is 20.0 Å². The summed E-state index contributed by atoms with van der Waals surface area (Å²) in [7, 11) is 0. The van der Waals surface area contributed by atoms with Crippen molar-refractivity contribution in [2.45, 2.75) is 12.5 Å². The average Bonchev–Trinajstić information content (AvgIpc) is 2.12. The van der Waals surface area contributed by atoms with Crippen LogP contribution < -0.4 is 5.32 Å². The number of hydrogen-bond acceptors (Lipinski definition) is 4. The van der Waals surface area contributed by atoms with E-state index in [0.717, 1.165) is 0 Å². The monoisotopic (exact) mass is 201 g/mol. The number of ether oxygens (including phenoxy) is 1. The second-order valence-corrected chi connectivity index (χ2v) is 2.37. The maximum Gasteiger partial charge on any atom is 0.408 e. The van der Waals surface area contributed by atoms with Gasteiger partial charge in [0.25, 0.3) is 0 Å². The Morgan fingerprint density at radius 2 is 2.21 bits per heavy atom. The highest BCUT2D eigenvalue weighted by atomic mass is 16.5. The molecule has 0 saturated carbocycles. The molecular weight excluding hydrogens is 190 g/mol. The number of carboxylic acids is 1. The minimum absolute atomic E-state index is 0.00445. The molecule has 78 valence electrons. The predicted octanol–water partition coefficient (Wildman–Crippen LogP) is -0.0592. The number of amides is 1. The Labute approximate surface area is 80.5 Å². The summed E-state index contributed by atoms with van der Waals surface area (Å²) in [6.07, 6.45) is 0.381. The molecule has 0 aromatic heterocycles. The molecule has 1 amide bonds.